The van der Waals surface area contributed by atoms with E-state index in [1.165, 1.54) is 0 Å². The van der Waals surface area contributed by atoms with Crippen molar-refractivity contribution < 1.29 is 19.7 Å². The van der Waals surface area contributed by atoms with Gasteiger partial charge in [0.1, 0.15) is 0 Å². The number of anilines is 1. The maximum Gasteiger partial charge on any atom is 0.307 e. The number of fused-ring (bicyclic) bond motifs is 1. The zero-order chi connectivity index (χ0) is 16.8. The molecule has 1 aromatic heterocycles. The van der Waals surface area contributed by atoms with Crippen LogP contribution in [0.5, 0.6) is 0 Å². The summed E-state index contributed by atoms with van der Waals surface area (Å²) in [6.07, 6.45) is -0.0961. The number of carbonyl (C=O) groups is 1. The molecule has 0 saturated heterocycles. The first kappa shape index (κ1) is 17.7. The second-order valence-electron chi connectivity index (χ2n) is 5.05. The summed E-state index contributed by atoms with van der Waals surface area (Å²) in [4.78, 5) is 15.7. The number of hydrogen-bond donors (Lipinski definition) is 3. The highest BCUT2D eigenvalue weighted by molar-refractivity contribution is 9.10. The molecule has 0 amide bonds. The molecule has 0 unspecified atom stereocenters. The lowest BCUT2D eigenvalue weighted by molar-refractivity contribution is -0.136. The number of halogens is 1. The number of carboxylic acids is 1. The number of nitrogens with zero attached hydrogens (tertiary/aromatic N) is 1. The SMILES string of the molecule is Cc1nc2ccc(Br)cc2c(NCCOCCO)c1CC(=O)O. The van der Waals surface area contributed by atoms with Gasteiger partial charge in [-0.3, -0.25) is 9.78 Å². The van der Waals surface area contributed by atoms with Crippen LogP contribution in [-0.4, -0.2) is 47.5 Å². The molecule has 0 saturated carbocycles. The van der Waals surface area contributed by atoms with Crippen LogP contribution in [0.2, 0.25) is 0 Å². The van der Waals surface area contributed by atoms with Crippen LogP contribution < -0.4 is 5.32 Å². The second kappa shape index (κ2) is 8.24. The van der Waals surface area contributed by atoms with Crippen molar-refractivity contribution in [3.8, 4) is 0 Å². The molecule has 0 fully saturated rings. The van der Waals surface area contributed by atoms with Crippen molar-refractivity contribution in [3.63, 3.8) is 0 Å². The van der Waals surface area contributed by atoms with Crippen molar-refractivity contribution in [1.29, 1.82) is 0 Å². The van der Waals surface area contributed by atoms with Gasteiger partial charge in [0, 0.05) is 33.3 Å². The highest BCUT2D eigenvalue weighted by Crippen LogP contribution is 2.31. The Labute approximate surface area is 142 Å². The molecule has 0 aliphatic carbocycles. The van der Waals surface area contributed by atoms with Crippen LogP contribution in [0.4, 0.5) is 5.69 Å². The Morgan fingerprint density at radius 2 is 2.17 bits per heavy atom. The lowest BCUT2D eigenvalue weighted by Gasteiger charge is -2.16. The van der Waals surface area contributed by atoms with Crippen LogP contribution in [0.15, 0.2) is 22.7 Å². The molecule has 6 nitrogen and oxygen atoms in total. The van der Waals surface area contributed by atoms with E-state index in [1.807, 2.05) is 25.1 Å². The maximum atomic E-state index is 11.2. The van der Waals surface area contributed by atoms with E-state index in [1.54, 1.807) is 0 Å². The molecule has 7 heteroatoms. The first-order valence-corrected chi connectivity index (χ1v) is 8.05. The monoisotopic (exact) mass is 382 g/mol. The predicted molar refractivity (Wildman–Crippen MR) is 91.9 cm³/mol. The van der Waals surface area contributed by atoms with Crippen LogP contribution in [0, 0.1) is 6.92 Å². The Balaban J connectivity index is 2.38. The summed E-state index contributed by atoms with van der Waals surface area (Å²) in [6.45, 7) is 3.01. The first-order chi connectivity index (χ1) is 11.0. The summed E-state index contributed by atoms with van der Waals surface area (Å²) in [7, 11) is 0. The van der Waals surface area contributed by atoms with Crippen LogP contribution in [0.3, 0.4) is 0 Å². The molecule has 0 atom stereocenters. The fourth-order valence-electron chi connectivity index (χ4n) is 2.38. The van der Waals surface area contributed by atoms with Crippen molar-refractivity contribution in [3.05, 3.63) is 33.9 Å². The van der Waals surface area contributed by atoms with E-state index >= 15 is 0 Å². The molecular formula is C16H19BrN2O4. The van der Waals surface area contributed by atoms with Crippen molar-refractivity contribution in [1.82, 2.24) is 4.98 Å². The molecule has 0 bridgehead atoms. The molecule has 0 radical (unpaired) electrons. The Morgan fingerprint density at radius 1 is 1.39 bits per heavy atom. The van der Waals surface area contributed by atoms with Gasteiger partial charge in [-0.2, -0.15) is 0 Å². The number of benzene rings is 1. The number of hydrogen-bond acceptors (Lipinski definition) is 5. The molecule has 1 heterocycles. The van der Waals surface area contributed by atoms with Crippen molar-refractivity contribution >= 4 is 38.5 Å². The first-order valence-electron chi connectivity index (χ1n) is 7.26. The number of ether oxygens (including phenoxy) is 1. The number of aliphatic hydroxyl groups excluding tert-OH is 1. The van der Waals surface area contributed by atoms with Gasteiger partial charge in [-0.1, -0.05) is 15.9 Å². The average molecular weight is 383 g/mol. The summed E-state index contributed by atoms with van der Waals surface area (Å²) in [5.74, 6) is -0.899. The molecule has 2 aromatic rings. The summed E-state index contributed by atoms with van der Waals surface area (Å²) in [5.41, 5.74) is 2.94. The van der Waals surface area contributed by atoms with Gasteiger partial charge in [-0.05, 0) is 25.1 Å². The third kappa shape index (κ3) is 4.63. The largest absolute Gasteiger partial charge is 0.481 e. The highest BCUT2D eigenvalue weighted by Gasteiger charge is 2.15. The van der Waals surface area contributed by atoms with Crippen molar-refractivity contribution in [2.24, 2.45) is 0 Å². The topological polar surface area (TPSA) is 91.7 Å². The molecule has 2 rings (SSSR count). The lowest BCUT2D eigenvalue weighted by Crippen LogP contribution is -2.15. The van der Waals surface area contributed by atoms with Gasteiger partial charge >= 0.3 is 5.97 Å². The Bertz CT molecular complexity index is 706. The zero-order valence-electron chi connectivity index (χ0n) is 12.8. The van der Waals surface area contributed by atoms with E-state index in [4.69, 9.17) is 14.9 Å². The molecule has 1 aromatic carbocycles. The number of carboxylic acid groups (broad SMARTS) is 1. The van der Waals surface area contributed by atoms with Crippen LogP contribution in [0.1, 0.15) is 11.3 Å². The van der Waals surface area contributed by atoms with Gasteiger partial charge in [0.15, 0.2) is 0 Å². The Morgan fingerprint density at radius 3 is 2.87 bits per heavy atom. The quantitative estimate of drug-likeness (QED) is 0.607. The predicted octanol–water partition coefficient (Wildman–Crippen LogP) is 2.35. The van der Waals surface area contributed by atoms with Gasteiger partial charge in [-0.25, -0.2) is 0 Å². The van der Waals surface area contributed by atoms with Crippen molar-refractivity contribution in [2.45, 2.75) is 13.3 Å². The number of aromatic nitrogens is 1. The normalized spacial score (nSPS) is 10.9. The zero-order valence-corrected chi connectivity index (χ0v) is 14.4. The lowest BCUT2D eigenvalue weighted by atomic mass is 10.0. The number of aliphatic hydroxyl groups is 1. The van der Waals surface area contributed by atoms with Crippen LogP contribution in [-0.2, 0) is 16.0 Å². The minimum absolute atomic E-state index is 0.0193. The van der Waals surface area contributed by atoms with Gasteiger partial charge < -0.3 is 20.3 Å². The van der Waals surface area contributed by atoms with Gasteiger partial charge in [0.05, 0.1) is 31.8 Å². The summed E-state index contributed by atoms with van der Waals surface area (Å²) >= 11 is 3.44. The molecule has 0 aliphatic heterocycles. The minimum Gasteiger partial charge on any atom is -0.481 e. The maximum absolute atomic E-state index is 11.2. The van der Waals surface area contributed by atoms with E-state index in [0.29, 0.717) is 24.4 Å². The molecule has 3 N–H and O–H groups in total. The molecular weight excluding hydrogens is 364 g/mol. The standard InChI is InChI=1S/C16H19BrN2O4/c1-10-12(9-15(21)22)16(18-4-6-23-7-5-20)13-8-11(17)2-3-14(13)19-10/h2-3,8,20H,4-7,9H2,1H3,(H,18,19)(H,21,22). The third-order valence-corrected chi connectivity index (χ3v) is 3.86. The van der Waals surface area contributed by atoms with E-state index in [0.717, 1.165) is 21.1 Å². The number of aryl methyl sites for hydroxylation is 1. The van der Waals surface area contributed by atoms with Crippen molar-refractivity contribution in [2.75, 3.05) is 31.7 Å². The van der Waals surface area contributed by atoms with E-state index < -0.39 is 5.97 Å². The van der Waals surface area contributed by atoms with Gasteiger partial charge in [-0.15, -0.1) is 0 Å². The van der Waals surface area contributed by atoms with E-state index in [9.17, 15) is 4.79 Å². The molecule has 0 spiro atoms. The second-order valence-corrected chi connectivity index (χ2v) is 5.96. The van der Waals surface area contributed by atoms with E-state index in [-0.39, 0.29) is 19.6 Å². The summed E-state index contributed by atoms with van der Waals surface area (Å²) in [6, 6.07) is 5.72. The van der Waals surface area contributed by atoms with Crippen LogP contribution in [0.25, 0.3) is 10.9 Å². The number of rotatable bonds is 8. The number of aliphatic carboxylic acids is 1. The molecule has 124 valence electrons. The Hall–Kier alpha value is -1.70. The summed E-state index contributed by atoms with van der Waals surface area (Å²) < 4.78 is 6.14. The number of pyridine rings is 1. The molecule has 0 aliphatic rings. The minimum atomic E-state index is -0.899. The van der Waals surface area contributed by atoms with Gasteiger partial charge in [0.25, 0.3) is 0 Å². The number of nitrogens with one attached hydrogen (secondary N) is 1. The fraction of sp³-hybridized carbons (Fsp3) is 0.375. The van der Waals surface area contributed by atoms with Crippen LogP contribution >= 0.6 is 15.9 Å². The average Bonchev–Trinajstić information content (AvgIpc) is 2.50. The van der Waals surface area contributed by atoms with Gasteiger partial charge in [0.2, 0.25) is 0 Å². The summed E-state index contributed by atoms with van der Waals surface area (Å²) in [5, 5.41) is 22.0. The van der Waals surface area contributed by atoms with E-state index in [2.05, 4.69) is 26.2 Å². The Kier molecular flexibility index (Phi) is 6.32. The smallest absolute Gasteiger partial charge is 0.307 e. The third-order valence-electron chi connectivity index (χ3n) is 3.37. The highest BCUT2D eigenvalue weighted by atomic mass is 79.9. The molecule has 23 heavy (non-hydrogen) atoms. The fourth-order valence-corrected chi connectivity index (χ4v) is 2.74.